The lowest BCUT2D eigenvalue weighted by Gasteiger charge is -2.37. The zero-order chi connectivity index (χ0) is 70.6. The van der Waals surface area contributed by atoms with E-state index in [0.717, 1.165) is 44.9 Å². The van der Waals surface area contributed by atoms with Gasteiger partial charge in [-0.05, 0) is 81.9 Å². The van der Waals surface area contributed by atoms with Crippen LogP contribution in [0.25, 0.3) is 22.1 Å². The van der Waals surface area contributed by atoms with Gasteiger partial charge in [0.2, 0.25) is 0 Å². The molecule has 2 aliphatic rings. The Hall–Kier alpha value is -10.6. The minimum atomic E-state index is -1.11. The third kappa shape index (κ3) is 15.0. The van der Waals surface area contributed by atoms with E-state index in [1.54, 1.807) is 81.5 Å². The molecular formula is C80H73ClF2N6O12. The highest BCUT2D eigenvalue weighted by atomic mass is 35.5. The number of nitrogens with zero attached hydrogens (tertiary/aromatic N) is 6. The molecule has 12 aromatic rings. The Balaban J connectivity index is 0.000000159. The average Bonchev–Trinajstić information content (AvgIpc) is 1.53. The summed E-state index contributed by atoms with van der Waals surface area (Å²) in [5.74, 6) is 1.52. The van der Waals surface area contributed by atoms with Crippen LogP contribution in [0.2, 0.25) is 0 Å². The van der Waals surface area contributed by atoms with Crippen molar-refractivity contribution in [3.63, 3.8) is 0 Å². The first kappa shape index (κ1) is 70.3. The zero-order valence-corrected chi connectivity index (χ0v) is 56.4. The number of aliphatic hydroxyl groups is 3. The summed E-state index contributed by atoms with van der Waals surface area (Å²) in [6.07, 6.45) is 0.677. The summed E-state index contributed by atoms with van der Waals surface area (Å²) in [6, 6.07) is 68.6. The molecule has 101 heavy (non-hydrogen) atoms. The van der Waals surface area contributed by atoms with Crippen LogP contribution in [0.4, 0.5) is 8.78 Å². The molecule has 8 aromatic carbocycles. The molecule has 0 saturated carbocycles. The maximum Gasteiger partial charge on any atom is 0.168 e. The molecule has 0 radical (unpaired) electrons. The lowest BCUT2D eigenvalue weighted by Crippen LogP contribution is -2.38. The molecule has 21 heteroatoms. The number of methoxy groups -OCH3 is 4. The fourth-order valence-electron chi connectivity index (χ4n) is 12.8. The van der Waals surface area contributed by atoms with Crippen molar-refractivity contribution in [1.82, 2.24) is 29.1 Å². The molecule has 4 aromatic heterocycles. The SMILES string of the molecule is COc1ccc(C(Cl)(c2ccccc2)c2ccc(OC)cc2)cc1.COc1ccc(C(OC[C@H]2O[C@@H](n3cc(F)c4c(CC(=O)c5ccccc5)ncnc43)C[C@@H]2O)(c2ccccc2)c2ccc(OC)cc2)cc1.O=C(Cc1ncnc2c1c(F)cn2[C@H]1C[C@H](O)[C@@H](CO)O1)c1ccccc1. The van der Waals surface area contributed by atoms with Gasteiger partial charge in [-0.2, -0.15) is 0 Å². The fraction of sp³-hybridized carbons (Fsp3) is 0.225. The zero-order valence-electron chi connectivity index (χ0n) is 55.6. The minimum Gasteiger partial charge on any atom is -0.497 e. The molecular weight excluding hydrogens is 1310 g/mol. The van der Waals surface area contributed by atoms with Crippen molar-refractivity contribution in [3.8, 4) is 23.0 Å². The maximum absolute atomic E-state index is 15.6. The number of fused-ring (bicyclic) bond motifs is 2. The number of alkyl halides is 1. The molecule has 6 atom stereocenters. The topological polar surface area (TPSA) is 221 Å². The summed E-state index contributed by atoms with van der Waals surface area (Å²) >= 11 is 7.22. The first-order valence-corrected chi connectivity index (χ1v) is 33.0. The van der Waals surface area contributed by atoms with Gasteiger partial charge in [-0.3, -0.25) is 9.59 Å². The number of ketones is 2. The fourth-order valence-corrected chi connectivity index (χ4v) is 13.2. The predicted molar refractivity (Wildman–Crippen MR) is 377 cm³/mol. The van der Waals surface area contributed by atoms with Gasteiger partial charge in [-0.1, -0.05) is 170 Å². The summed E-state index contributed by atoms with van der Waals surface area (Å²) in [5, 5.41) is 30.8. The van der Waals surface area contributed by atoms with Gasteiger partial charge in [0, 0.05) is 36.4 Å². The summed E-state index contributed by atoms with van der Waals surface area (Å²) in [5.41, 5.74) is 6.61. The van der Waals surface area contributed by atoms with Crippen molar-refractivity contribution < 1.29 is 66.8 Å². The van der Waals surface area contributed by atoms with E-state index in [9.17, 15) is 29.3 Å². The maximum atomic E-state index is 15.6. The van der Waals surface area contributed by atoms with Crippen LogP contribution in [-0.4, -0.2) is 122 Å². The van der Waals surface area contributed by atoms with Crippen LogP contribution < -0.4 is 18.9 Å². The van der Waals surface area contributed by atoms with Crippen molar-refractivity contribution in [2.75, 3.05) is 41.7 Å². The Morgan fingerprint density at radius 2 is 0.802 bits per heavy atom. The van der Waals surface area contributed by atoms with E-state index in [-0.39, 0.29) is 78.2 Å². The lowest BCUT2D eigenvalue weighted by atomic mass is 9.80. The first-order chi connectivity index (χ1) is 49.2. The Kier molecular flexibility index (Phi) is 22.1. The van der Waals surface area contributed by atoms with Gasteiger partial charge >= 0.3 is 0 Å². The van der Waals surface area contributed by atoms with Gasteiger partial charge in [-0.15, -0.1) is 11.6 Å². The number of carbonyl (C=O) groups is 2. The molecule has 0 amide bonds. The molecule has 14 rings (SSSR count). The second-order valence-electron chi connectivity index (χ2n) is 24.1. The second kappa shape index (κ2) is 31.8. The molecule has 2 saturated heterocycles. The summed E-state index contributed by atoms with van der Waals surface area (Å²) in [6.45, 7) is -0.330. The summed E-state index contributed by atoms with van der Waals surface area (Å²) in [7, 11) is 6.55. The Morgan fingerprint density at radius 3 is 1.17 bits per heavy atom. The quantitative estimate of drug-likeness (QED) is 0.0326. The van der Waals surface area contributed by atoms with E-state index in [2.05, 4.69) is 19.9 Å². The number of hydrogen-bond donors (Lipinski definition) is 3. The molecule has 0 unspecified atom stereocenters. The number of aromatic nitrogens is 6. The molecule has 18 nitrogen and oxygen atoms in total. The van der Waals surface area contributed by atoms with E-state index >= 15 is 4.39 Å². The molecule has 6 heterocycles. The predicted octanol–water partition coefficient (Wildman–Crippen LogP) is 13.5. The normalized spacial score (nSPS) is 17.3. The monoisotopic (exact) mass is 1380 g/mol. The standard InChI is InChI=1S/C40H36FN3O6.C21H19ClO2.C19H18FN3O4/c1-47-30-17-13-28(14-18-30)40(27-11-7-4-8-12-27,29-15-19-31(48-2)20-16-29)49-24-36-35(46)22-37(50-36)44-23-32(41)38-33(42-25-43-39(38)44)21-34(45)26-9-5-3-6-10-26;1-23-19-12-8-17(9-13-19)21(22,16-6-4-3-5-7-16)18-10-14-20(24-2)15-11-18;20-12-8-23(17-7-15(26)16(9-24)27-17)19-18(12)13(21-10-22-19)6-14(25)11-4-2-1-3-5-11/h3-20,23,25,35-37,46H,21-22,24H2,1-2H3;3-15H,1-2H3;1-5,8,10,15-17,24,26H,6-7,9H2/t35-,36+,37+;;15-,16+,17+/m0.0/s1. The van der Waals surface area contributed by atoms with Crippen LogP contribution in [0.1, 0.15) is 90.8 Å². The number of hydrogen-bond acceptors (Lipinski definition) is 16. The number of carbonyl (C=O) groups excluding carboxylic acids is 2. The largest absolute Gasteiger partial charge is 0.497 e. The van der Waals surface area contributed by atoms with Crippen LogP contribution in [0, 0.1) is 11.6 Å². The number of ether oxygens (including phenoxy) is 7. The van der Waals surface area contributed by atoms with Gasteiger partial charge in [0.1, 0.15) is 82.1 Å². The van der Waals surface area contributed by atoms with E-state index < -0.39 is 59.0 Å². The van der Waals surface area contributed by atoms with E-state index in [1.165, 1.54) is 29.6 Å². The number of Topliss-reactive ketones (excluding diaryl/α,β-unsaturated/α-hetero) is 2. The molecule has 0 spiro atoms. The van der Waals surface area contributed by atoms with Crippen LogP contribution in [0.3, 0.4) is 0 Å². The van der Waals surface area contributed by atoms with E-state index in [4.69, 9.17) is 44.8 Å². The number of aliphatic hydroxyl groups excluding tert-OH is 3. The van der Waals surface area contributed by atoms with Crippen LogP contribution in [0.15, 0.2) is 243 Å². The van der Waals surface area contributed by atoms with Crippen molar-refractivity contribution in [1.29, 1.82) is 0 Å². The van der Waals surface area contributed by atoms with E-state index in [1.807, 2.05) is 170 Å². The highest BCUT2D eigenvalue weighted by molar-refractivity contribution is 6.28. The average molecular weight is 1380 g/mol. The Bertz CT molecular complexity index is 4640. The van der Waals surface area contributed by atoms with Gasteiger partial charge in [0.05, 0.1) is 88.9 Å². The smallest absolute Gasteiger partial charge is 0.168 e. The Morgan fingerprint density at radius 1 is 0.475 bits per heavy atom. The lowest BCUT2D eigenvalue weighted by molar-refractivity contribution is -0.0930. The van der Waals surface area contributed by atoms with E-state index in [0.29, 0.717) is 28.3 Å². The van der Waals surface area contributed by atoms with Crippen molar-refractivity contribution in [3.05, 3.63) is 311 Å². The van der Waals surface area contributed by atoms with Crippen LogP contribution in [-0.2, 0) is 37.5 Å². The first-order valence-electron chi connectivity index (χ1n) is 32.6. The number of rotatable bonds is 22. The molecule has 2 fully saturated rings. The summed E-state index contributed by atoms with van der Waals surface area (Å²) in [4.78, 5) is 41.5. The third-order valence-electron chi connectivity index (χ3n) is 18.1. The van der Waals surface area contributed by atoms with Crippen molar-refractivity contribution >= 4 is 45.2 Å². The number of benzene rings is 8. The molecule has 516 valence electrons. The van der Waals surface area contributed by atoms with Gasteiger partial charge in [-0.25, -0.2) is 28.7 Å². The highest BCUT2D eigenvalue weighted by Gasteiger charge is 2.43. The van der Waals surface area contributed by atoms with Crippen LogP contribution >= 0.6 is 11.6 Å². The number of halogens is 3. The third-order valence-corrected chi connectivity index (χ3v) is 18.8. The van der Waals surface area contributed by atoms with Gasteiger partial charge in [0.15, 0.2) is 23.2 Å². The highest BCUT2D eigenvalue weighted by Crippen LogP contribution is 2.46. The molecule has 2 aliphatic heterocycles. The summed E-state index contributed by atoms with van der Waals surface area (Å²) < 4.78 is 73.6. The minimum absolute atomic E-state index is 0.00187. The molecule has 0 bridgehead atoms. The van der Waals surface area contributed by atoms with Gasteiger partial charge in [0.25, 0.3) is 0 Å². The Labute approximate surface area is 586 Å². The molecule has 0 aliphatic carbocycles. The second-order valence-corrected chi connectivity index (χ2v) is 24.6. The van der Waals surface area contributed by atoms with Crippen molar-refractivity contribution in [2.24, 2.45) is 0 Å². The van der Waals surface area contributed by atoms with Crippen LogP contribution in [0.5, 0.6) is 23.0 Å². The molecule has 3 N–H and O–H groups in total. The van der Waals surface area contributed by atoms with Crippen molar-refractivity contribution in [2.45, 2.75) is 73.0 Å². The van der Waals surface area contributed by atoms with Gasteiger partial charge < -0.3 is 57.6 Å².